The van der Waals surface area contributed by atoms with Crippen molar-refractivity contribution in [1.82, 2.24) is 0 Å². The first kappa shape index (κ1) is 9.32. The second-order valence-electron chi connectivity index (χ2n) is 2.77. The summed E-state index contributed by atoms with van der Waals surface area (Å²) in [5.74, 6) is 0. The lowest BCUT2D eigenvalue weighted by Crippen LogP contribution is -2.18. The molecule has 1 aliphatic carbocycles. The number of hydrogen-bond donors (Lipinski definition) is 1. The zero-order chi connectivity index (χ0) is 9.35. The van der Waals surface area contributed by atoms with E-state index in [1.165, 1.54) is 13.0 Å². The van der Waals surface area contributed by atoms with Crippen LogP contribution in [-0.4, -0.2) is 17.4 Å². The highest BCUT2D eigenvalue weighted by Gasteiger charge is 2.35. The minimum Gasteiger partial charge on any atom is -0.389 e. The van der Waals surface area contributed by atoms with Gasteiger partial charge in [0.2, 0.25) is 0 Å². The molecule has 0 aromatic carbocycles. The molecule has 0 heterocycles. The van der Waals surface area contributed by atoms with Crippen molar-refractivity contribution in [3.8, 4) is 0 Å². The number of alkyl halides is 3. The van der Waals surface area contributed by atoms with Gasteiger partial charge in [-0.05, 0) is 18.9 Å². The lowest BCUT2D eigenvalue weighted by atomic mass is 9.97. The maximum absolute atomic E-state index is 12.1. The van der Waals surface area contributed by atoms with E-state index in [1.54, 1.807) is 0 Å². The van der Waals surface area contributed by atoms with E-state index >= 15 is 0 Å². The number of rotatable bonds is 0. The highest BCUT2D eigenvalue weighted by atomic mass is 19.4. The topological polar surface area (TPSA) is 20.2 Å². The van der Waals surface area contributed by atoms with E-state index in [-0.39, 0.29) is 12.0 Å². The summed E-state index contributed by atoms with van der Waals surface area (Å²) in [6, 6.07) is 0. The van der Waals surface area contributed by atoms with Crippen LogP contribution in [0.25, 0.3) is 0 Å². The third kappa shape index (κ3) is 1.88. The Balaban J connectivity index is 2.89. The summed E-state index contributed by atoms with van der Waals surface area (Å²) in [5, 5.41) is 8.97. The van der Waals surface area contributed by atoms with Crippen molar-refractivity contribution in [2.75, 3.05) is 0 Å². The summed E-state index contributed by atoms with van der Waals surface area (Å²) in [7, 11) is 0. The normalized spacial score (nSPS) is 24.9. The molecule has 1 atom stereocenters. The SMILES string of the molecule is CC1=CC(O)CC=C1C(F)(F)F. The molecular weight excluding hydrogens is 169 g/mol. The summed E-state index contributed by atoms with van der Waals surface area (Å²) in [4.78, 5) is 0. The van der Waals surface area contributed by atoms with E-state index in [2.05, 4.69) is 0 Å². The smallest absolute Gasteiger partial charge is 0.389 e. The van der Waals surface area contributed by atoms with Gasteiger partial charge in [0.15, 0.2) is 0 Å². The van der Waals surface area contributed by atoms with Crippen LogP contribution in [0, 0.1) is 0 Å². The van der Waals surface area contributed by atoms with Crippen LogP contribution in [0.1, 0.15) is 13.3 Å². The lowest BCUT2D eigenvalue weighted by Gasteiger charge is -2.18. The summed E-state index contributed by atoms with van der Waals surface area (Å²) >= 11 is 0. The average Bonchev–Trinajstić information content (AvgIpc) is 1.83. The molecule has 0 fully saturated rings. The largest absolute Gasteiger partial charge is 0.416 e. The molecule has 0 radical (unpaired) electrons. The molecule has 0 aromatic rings. The number of aliphatic hydroxyl groups excluding tert-OH is 1. The van der Waals surface area contributed by atoms with Gasteiger partial charge < -0.3 is 5.11 Å². The van der Waals surface area contributed by atoms with Crippen LogP contribution in [0.4, 0.5) is 13.2 Å². The molecule has 0 saturated carbocycles. The first-order valence-electron chi connectivity index (χ1n) is 3.55. The number of halogens is 3. The minimum absolute atomic E-state index is 0.0478. The maximum atomic E-state index is 12.1. The molecule has 1 unspecified atom stereocenters. The van der Waals surface area contributed by atoms with Gasteiger partial charge in [-0.1, -0.05) is 12.2 Å². The van der Waals surface area contributed by atoms with Gasteiger partial charge in [0, 0.05) is 0 Å². The van der Waals surface area contributed by atoms with Crippen LogP contribution in [0.3, 0.4) is 0 Å². The summed E-state index contributed by atoms with van der Waals surface area (Å²) in [5.41, 5.74) is -0.533. The number of aliphatic hydroxyl groups is 1. The monoisotopic (exact) mass is 178 g/mol. The quantitative estimate of drug-likeness (QED) is 0.602. The zero-order valence-corrected chi connectivity index (χ0v) is 6.52. The maximum Gasteiger partial charge on any atom is 0.416 e. The van der Waals surface area contributed by atoms with Crippen LogP contribution in [0.15, 0.2) is 23.3 Å². The van der Waals surface area contributed by atoms with Gasteiger partial charge in [-0.15, -0.1) is 0 Å². The molecule has 0 bridgehead atoms. The first-order chi connectivity index (χ1) is 5.41. The average molecular weight is 178 g/mol. The molecule has 1 N–H and O–H groups in total. The minimum atomic E-state index is -4.29. The van der Waals surface area contributed by atoms with Gasteiger partial charge in [-0.25, -0.2) is 0 Å². The summed E-state index contributed by atoms with van der Waals surface area (Å²) in [6.45, 7) is 1.35. The highest BCUT2D eigenvalue weighted by Crippen LogP contribution is 2.33. The Hall–Kier alpha value is -0.770. The van der Waals surface area contributed by atoms with E-state index in [0.717, 1.165) is 6.08 Å². The second kappa shape index (κ2) is 2.94. The summed E-state index contributed by atoms with van der Waals surface area (Å²) < 4.78 is 36.4. The van der Waals surface area contributed by atoms with Crippen molar-refractivity contribution >= 4 is 0 Å². The fraction of sp³-hybridized carbons (Fsp3) is 0.500. The van der Waals surface area contributed by atoms with Gasteiger partial charge in [0.25, 0.3) is 0 Å². The zero-order valence-electron chi connectivity index (χ0n) is 6.52. The molecule has 1 rings (SSSR count). The molecule has 12 heavy (non-hydrogen) atoms. The summed E-state index contributed by atoms with van der Waals surface area (Å²) in [6.07, 6.45) is -2.76. The van der Waals surface area contributed by atoms with Crippen LogP contribution in [0.2, 0.25) is 0 Å². The fourth-order valence-electron chi connectivity index (χ4n) is 1.19. The molecule has 0 saturated heterocycles. The molecule has 0 spiro atoms. The Labute approximate surface area is 68.2 Å². The van der Waals surface area contributed by atoms with Crippen molar-refractivity contribution in [2.45, 2.75) is 25.6 Å². The third-order valence-electron chi connectivity index (χ3n) is 1.74. The van der Waals surface area contributed by atoms with Crippen LogP contribution in [0.5, 0.6) is 0 Å². The fourth-order valence-corrected chi connectivity index (χ4v) is 1.19. The number of allylic oxidation sites excluding steroid dienone is 2. The van der Waals surface area contributed by atoms with Crippen molar-refractivity contribution in [2.24, 2.45) is 0 Å². The molecule has 68 valence electrons. The van der Waals surface area contributed by atoms with Crippen molar-refractivity contribution in [3.05, 3.63) is 23.3 Å². The van der Waals surface area contributed by atoms with Gasteiger partial charge in [-0.3, -0.25) is 0 Å². The molecule has 4 heteroatoms. The van der Waals surface area contributed by atoms with E-state index in [1.807, 2.05) is 0 Å². The van der Waals surface area contributed by atoms with Gasteiger partial charge in [0.1, 0.15) is 0 Å². The Kier molecular flexibility index (Phi) is 2.28. The Bertz CT molecular complexity index is 237. The Morgan fingerprint density at radius 2 is 2.08 bits per heavy atom. The number of hydrogen-bond acceptors (Lipinski definition) is 1. The van der Waals surface area contributed by atoms with E-state index < -0.39 is 17.9 Å². The third-order valence-corrected chi connectivity index (χ3v) is 1.74. The Morgan fingerprint density at radius 1 is 1.50 bits per heavy atom. The predicted molar refractivity (Wildman–Crippen MR) is 38.5 cm³/mol. The van der Waals surface area contributed by atoms with Crippen molar-refractivity contribution < 1.29 is 18.3 Å². The van der Waals surface area contributed by atoms with Crippen LogP contribution in [-0.2, 0) is 0 Å². The van der Waals surface area contributed by atoms with Gasteiger partial charge in [0.05, 0.1) is 11.7 Å². The molecule has 1 aliphatic rings. The lowest BCUT2D eigenvalue weighted by molar-refractivity contribution is -0.0900. The first-order valence-corrected chi connectivity index (χ1v) is 3.55. The molecule has 0 amide bonds. The van der Waals surface area contributed by atoms with Crippen LogP contribution < -0.4 is 0 Å². The van der Waals surface area contributed by atoms with Crippen molar-refractivity contribution in [3.63, 3.8) is 0 Å². The molecular formula is C8H9F3O. The highest BCUT2D eigenvalue weighted by molar-refractivity contribution is 5.36. The second-order valence-corrected chi connectivity index (χ2v) is 2.77. The van der Waals surface area contributed by atoms with E-state index in [4.69, 9.17) is 5.11 Å². The van der Waals surface area contributed by atoms with Gasteiger partial charge >= 0.3 is 6.18 Å². The molecule has 0 aromatic heterocycles. The van der Waals surface area contributed by atoms with Crippen molar-refractivity contribution in [1.29, 1.82) is 0 Å². The predicted octanol–water partition coefficient (Wildman–Crippen LogP) is 2.19. The van der Waals surface area contributed by atoms with E-state index in [9.17, 15) is 13.2 Å². The molecule has 0 aliphatic heterocycles. The van der Waals surface area contributed by atoms with E-state index in [0.29, 0.717) is 0 Å². The van der Waals surface area contributed by atoms with Crippen LogP contribution >= 0.6 is 0 Å². The van der Waals surface area contributed by atoms with Gasteiger partial charge in [-0.2, -0.15) is 13.2 Å². The molecule has 1 nitrogen and oxygen atoms in total. The Morgan fingerprint density at radius 3 is 2.50 bits per heavy atom. The standard InChI is InChI=1S/C8H9F3O/c1-5-4-6(12)2-3-7(5)8(9,10)11/h3-4,6,12H,2H2,1H3.